The fraction of sp³-hybridized carbons (Fsp3) is 0.400. The summed E-state index contributed by atoms with van der Waals surface area (Å²) < 4.78 is 0. The number of carbonyl (C=O) groups is 3. The average Bonchev–Trinajstić information content (AvgIpc) is 2.47. The number of nitrogens with zero attached hydrogens (tertiary/aromatic N) is 1. The smallest absolute Gasteiger partial charge is 0.326 e. The van der Waals surface area contributed by atoms with Gasteiger partial charge in [0.25, 0.3) is 0 Å². The molecule has 6 heteroatoms. The molecule has 112 valence electrons. The zero-order valence-corrected chi connectivity index (χ0v) is 11.8. The van der Waals surface area contributed by atoms with E-state index in [1.54, 1.807) is 24.3 Å². The van der Waals surface area contributed by atoms with Crippen LogP contribution in [-0.4, -0.2) is 40.4 Å². The molecule has 2 N–H and O–H groups in total. The Balaban J connectivity index is 2.11. The van der Waals surface area contributed by atoms with Crippen molar-refractivity contribution in [1.82, 2.24) is 4.90 Å². The number of carboxylic acid groups (broad SMARTS) is 1. The third-order valence-electron chi connectivity index (χ3n) is 3.57. The van der Waals surface area contributed by atoms with Crippen molar-refractivity contribution in [2.45, 2.75) is 32.2 Å². The maximum Gasteiger partial charge on any atom is 0.326 e. The number of amides is 2. The molecule has 2 amide bonds. The molecule has 0 unspecified atom stereocenters. The molecule has 0 spiro atoms. The third kappa shape index (κ3) is 3.59. The summed E-state index contributed by atoms with van der Waals surface area (Å²) in [5, 5.41) is 11.8. The second-order valence-electron chi connectivity index (χ2n) is 5.11. The van der Waals surface area contributed by atoms with Gasteiger partial charge in [0, 0.05) is 17.8 Å². The van der Waals surface area contributed by atoms with E-state index in [0.29, 0.717) is 24.2 Å². The Bertz CT molecular complexity index is 571. The van der Waals surface area contributed by atoms with E-state index in [0.717, 1.165) is 12.8 Å². The lowest BCUT2D eigenvalue weighted by Crippen LogP contribution is -2.49. The number of nitrogens with one attached hydrogen (secondary N) is 1. The zero-order valence-electron chi connectivity index (χ0n) is 11.8. The molecule has 1 atom stereocenters. The number of Topliss-reactive ketones (excluding diaryl/α,β-unsaturated/α-hetero) is 1. The Morgan fingerprint density at radius 1 is 1.29 bits per heavy atom. The summed E-state index contributed by atoms with van der Waals surface area (Å²) >= 11 is 0. The second kappa shape index (κ2) is 6.39. The fourth-order valence-corrected chi connectivity index (χ4v) is 2.44. The Kier molecular flexibility index (Phi) is 4.57. The van der Waals surface area contributed by atoms with Crippen LogP contribution in [0.1, 0.15) is 36.5 Å². The van der Waals surface area contributed by atoms with E-state index in [1.807, 2.05) is 0 Å². The molecule has 6 nitrogen and oxygen atoms in total. The van der Waals surface area contributed by atoms with Gasteiger partial charge in [0.05, 0.1) is 0 Å². The topological polar surface area (TPSA) is 86.7 Å². The summed E-state index contributed by atoms with van der Waals surface area (Å²) in [6, 6.07) is 5.37. The Morgan fingerprint density at radius 2 is 2.05 bits per heavy atom. The van der Waals surface area contributed by atoms with Crippen molar-refractivity contribution in [3.63, 3.8) is 0 Å². The first-order valence-electron chi connectivity index (χ1n) is 6.90. The first kappa shape index (κ1) is 15.0. The molecule has 1 aromatic rings. The van der Waals surface area contributed by atoms with E-state index < -0.39 is 18.0 Å². The maximum atomic E-state index is 12.2. The van der Waals surface area contributed by atoms with Gasteiger partial charge >= 0.3 is 12.0 Å². The Morgan fingerprint density at radius 3 is 2.71 bits per heavy atom. The average molecular weight is 290 g/mol. The molecule has 1 fully saturated rings. The first-order chi connectivity index (χ1) is 9.99. The van der Waals surface area contributed by atoms with Gasteiger partial charge in [0.1, 0.15) is 6.04 Å². The highest BCUT2D eigenvalue weighted by Crippen LogP contribution is 2.19. The van der Waals surface area contributed by atoms with E-state index in [2.05, 4.69) is 5.32 Å². The SMILES string of the molecule is CC(=O)c1cccc(NC(=O)N2CCCC[C@@H]2C(=O)O)c1. The fourth-order valence-electron chi connectivity index (χ4n) is 2.44. The van der Waals surface area contributed by atoms with E-state index in [4.69, 9.17) is 0 Å². The number of carbonyl (C=O) groups excluding carboxylic acids is 2. The molecular formula is C15H18N2O4. The molecule has 1 aliphatic rings. The molecule has 21 heavy (non-hydrogen) atoms. The van der Waals surface area contributed by atoms with Gasteiger partial charge in [-0.05, 0) is 38.3 Å². The highest BCUT2D eigenvalue weighted by molar-refractivity contribution is 5.97. The summed E-state index contributed by atoms with van der Waals surface area (Å²) in [5.74, 6) is -1.07. The highest BCUT2D eigenvalue weighted by Gasteiger charge is 2.31. The van der Waals surface area contributed by atoms with Crippen LogP contribution in [0.3, 0.4) is 0 Å². The van der Waals surface area contributed by atoms with Gasteiger partial charge in [-0.1, -0.05) is 12.1 Å². The maximum absolute atomic E-state index is 12.2. The lowest BCUT2D eigenvalue weighted by Gasteiger charge is -2.32. The minimum atomic E-state index is -0.984. The largest absolute Gasteiger partial charge is 0.480 e. The number of benzene rings is 1. The van der Waals surface area contributed by atoms with E-state index in [9.17, 15) is 19.5 Å². The number of likely N-dealkylation sites (tertiary alicyclic amines) is 1. The summed E-state index contributed by atoms with van der Waals surface area (Å²) in [7, 11) is 0. The molecular weight excluding hydrogens is 272 g/mol. The lowest BCUT2D eigenvalue weighted by atomic mass is 10.0. The number of ketones is 1. The van der Waals surface area contributed by atoms with Crippen LogP contribution in [0.4, 0.5) is 10.5 Å². The van der Waals surface area contributed by atoms with Crippen molar-refractivity contribution < 1.29 is 19.5 Å². The molecule has 1 aromatic carbocycles. The molecule has 1 aliphatic heterocycles. The number of piperidine rings is 1. The van der Waals surface area contributed by atoms with E-state index in [-0.39, 0.29) is 5.78 Å². The minimum Gasteiger partial charge on any atom is -0.480 e. The van der Waals surface area contributed by atoms with Crippen LogP contribution in [0.25, 0.3) is 0 Å². The van der Waals surface area contributed by atoms with E-state index >= 15 is 0 Å². The molecule has 0 radical (unpaired) electrons. The quantitative estimate of drug-likeness (QED) is 0.837. The number of aliphatic carboxylic acids is 1. The normalized spacial score (nSPS) is 18.1. The standard InChI is InChI=1S/C15H18N2O4/c1-10(18)11-5-4-6-12(9-11)16-15(21)17-8-3-2-7-13(17)14(19)20/h4-6,9,13H,2-3,7-8H2,1H3,(H,16,21)(H,19,20)/t13-/m1/s1. The van der Waals surface area contributed by atoms with Gasteiger partial charge in [-0.2, -0.15) is 0 Å². The predicted molar refractivity (Wildman–Crippen MR) is 77.4 cm³/mol. The monoisotopic (exact) mass is 290 g/mol. The number of hydrogen-bond acceptors (Lipinski definition) is 3. The Labute approximate surface area is 122 Å². The van der Waals surface area contributed by atoms with Gasteiger partial charge in [-0.15, -0.1) is 0 Å². The lowest BCUT2D eigenvalue weighted by molar-refractivity contribution is -0.143. The van der Waals surface area contributed by atoms with Crippen LogP contribution in [0.2, 0.25) is 0 Å². The van der Waals surface area contributed by atoms with Gasteiger partial charge in [0.2, 0.25) is 0 Å². The zero-order chi connectivity index (χ0) is 15.4. The number of rotatable bonds is 3. The molecule has 0 aliphatic carbocycles. The third-order valence-corrected chi connectivity index (χ3v) is 3.57. The van der Waals surface area contributed by atoms with Crippen LogP contribution < -0.4 is 5.32 Å². The number of hydrogen-bond donors (Lipinski definition) is 2. The second-order valence-corrected chi connectivity index (χ2v) is 5.11. The van der Waals surface area contributed by atoms with Crippen molar-refractivity contribution >= 4 is 23.5 Å². The van der Waals surface area contributed by atoms with Gasteiger partial charge < -0.3 is 15.3 Å². The van der Waals surface area contributed by atoms with Crippen LogP contribution in [0.15, 0.2) is 24.3 Å². The molecule has 0 bridgehead atoms. The summed E-state index contributed by atoms with van der Waals surface area (Å²) in [6.07, 6.45) is 2.07. The summed E-state index contributed by atoms with van der Waals surface area (Å²) in [5.41, 5.74) is 0.989. The van der Waals surface area contributed by atoms with Crippen molar-refractivity contribution in [2.75, 3.05) is 11.9 Å². The summed E-state index contributed by atoms with van der Waals surface area (Å²) in [4.78, 5) is 36.1. The van der Waals surface area contributed by atoms with Crippen molar-refractivity contribution in [3.8, 4) is 0 Å². The molecule has 1 heterocycles. The minimum absolute atomic E-state index is 0.0903. The van der Waals surface area contributed by atoms with Crippen molar-refractivity contribution in [3.05, 3.63) is 29.8 Å². The number of carboxylic acids is 1. The van der Waals surface area contributed by atoms with Crippen LogP contribution in [-0.2, 0) is 4.79 Å². The Hall–Kier alpha value is -2.37. The highest BCUT2D eigenvalue weighted by atomic mass is 16.4. The van der Waals surface area contributed by atoms with E-state index in [1.165, 1.54) is 11.8 Å². The van der Waals surface area contributed by atoms with Crippen molar-refractivity contribution in [1.29, 1.82) is 0 Å². The summed E-state index contributed by atoms with van der Waals surface area (Å²) in [6.45, 7) is 1.88. The van der Waals surface area contributed by atoms with Gasteiger partial charge in [-0.25, -0.2) is 9.59 Å². The first-order valence-corrected chi connectivity index (χ1v) is 6.90. The van der Waals surface area contributed by atoms with Crippen LogP contribution in [0.5, 0.6) is 0 Å². The van der Waals surface area contributed by atoms with Crippen LogP contribution in [0, 0.1) is 0 Å². The van der Waals surface area contributed by atoms with Gasteiger partial charge in [-0.3, -0.25) is 4.79 Å². The predicted octanol–water partition coefficient (Wildman–Crippen LogP) is 2.36. The van der Waals surface area contributed by atoms with Crippen molar-refractivity contribution in [2.24, 2.45) is 0 Å². The van der Waals surface area contributed by atoms with Gasteiger partial charge in [0.15, 0.2) is 5.78 Å². The number of anilines is 1. The molecule has 2 rings (SSSR count). The number of urea groups is 1. The van der Waals surface area contributed by atoms with Crippen LogP contribution >= 0.6 is 0 Å². The molecule has 0 saturated carbocycles. The molecule has 1 saturated heterocycles. The molecule has 0 aromatic heterocycles.